The second-order valence-electron chi connectivity index (χ2n) is 15.2. The van der Waals surface area contributed by atoms with Crippen LogP contribution in [0, 0.1) is 11.8 Å². The first-order valence-electron chi connectivity index (χ1n) is 27.5. The molecule has 8 rings (SSSR count). The molecule has 0 unspecified atom stereocenters. The molecule has 0 saturated heterocycles. The highest BCUT2D eigenvalue weighted by molar-refractivity contribution is 5.85. The number of rotatable bonds is 2. The molecule has 0 bridgehead atoms. The van der Waals surface area contributed by atoms with Crippen LogP contribution in [0.15, 0.2) is 182 Å². The molecule has 84 heavy (non-hydrogen) atoms. The molecule has 0 aliphatic carbocycles. The van der Waals surface area contributed by atoms with Gasteiger partial charge in [-0.25, -0.2) is 0 Å². The first-order chi connectivity index (χ1) is 36.3. The van der Waals surface area contributed by atoms with Crippen LogP contribution >= 0.6 is 0 Å². The summed E-state index contributed by atoms with van der Waals surface area (Å²) in [4.78, 5) is 0. The Kier molecular flexibility index (Phi) is 143. The molecule has 0 radical (unpaired) electrons. The quantitative estimate of drug-likeness (QED) is 0.102. The zero-order chi connectivity index (χ0) is 59.1. The molecule has 8 aromatic carbocycles. The van der Waals surface area contributed by atoms with E-state index in [1.807, 2.05) is 91.8 Å². The van der Waals surface area contributed by atoms with Gasteiger partial charge in [-0.3, -0.25) is 0 Å². The fraction of sp³-hybridized carbons (Fsp3) is 0.481. The van der Waals surface area contributed by atoms with Crippen molar-refractivity contribution in [2.75, 3.05) is 39.6 Å². The van der Waals surface area contributed by atoms with Crippen molar-refractivity contribution in [3.05, 3.63) is 182 Å². The number of fused-ring (bicyclic) bond motifs is 4. The molecular formula is C77H146O7. The Labute approximate surface area is 526 Å². The smallest absolute Gasteiger partial charge is 0.128 e. The molecular weight excluding hydrogens is 1040 g/mol. The summed E-state index contributed by atoms with van der Waals surface area (Å²) in [5.41, 5.74) is 0. The monoisotopic (exact) mass is 1180 g/mol. The van der Waals surface area contributed by atoms with E-state index in [1.165, 1.54) is 43.1 Å². The number of aliphatic hydroxyl groups is 6. The van der Waals surface area contributed by atoms with E-state index >= 15 is 0 Å². The van der Waals surface area contributed by atoms with E-state index < -0.39 is 0 Å². The van der Waals surface area contributed by atoms with E-state index in [0.717, 1.165) is 23.3 Å². The molecule has 0 aliphatic heterocycles. The van der Waals surface area contributed by atoms with Crippen LogP contribution in [0.1, 0.15) is 205 Å². The lowest BCUT2D eigenvalue weighted by molar-refractivity contribution is 0.318. The van der Waals surface area contributed by atoms with Gasteiger partial charge in [0.15, 0.2) is 0 Å². The summed E-state index contributed by atoms with van der Waals surface area (Å²) in [5, 5.41) is 55.5. The van der Waals surface area contributed by atoms with Gasteiger partial charge in [0.1, 0.15) is 11.5 Å². The summed E-state index contributed by atoms with van der Waals surface area (Å²) in [7, 11) is 0. The molecule has 0 spiro atoms. The Hall–Kier alpha value is -5.64. The van der Waals surface area contributed by atoms with Crippen LogP contribution < -0.4 is 4.74 Å². The molecule has 0 atom stereocenters. The number of ether oxygens (including phenoxy) is 1. The van der Waals surface area contributed by atoms with E-state index in [0.29, 0.717) is 0 Å². The third kappa shape index (κ3) is 78.4. The third-order valence-electron chi connectivity index (χ3n) is 6.99. The SMILES string of the molecule is C.C.C.C.C.C.C.C.C.CC.CC.CC.CC.CC(C)C.CC(C)C.CCO.CCO.CCO.CCO.CCO.CCO.c1ccc2cc(Oc3ccc4ccccc4c3)ccc2c1.c1ccc2ccccc2c1.c1ccc2ccccc2c1. The zero-order valence-corrected chi connectivity index (χ0v) is 50.8. The van der Waals surface area contributed by atoms with Gasteiger partial charge in [0.05, 0.1) is 0 Å². The van der Waals surface area contributed by atoms with Gasteiger partial charge in [-0.2, -0.15) is 0 Å². The van der Waals surface area contributed by atoms with E-state index in [2.05, 4.69) is 187 Å². The van der Waals surface area contributed by atoms with Crippen molar-refractivity contribution in [2.24, 2.45) is 11.8 Å². The van der Waals surface area contributed by atoms with Crippen LogP contribution in [0.25, 0.3) is 43.1 Å². The van der Waals surface area contributed by atoms with Crippen molar-refractivity contribution >= 4 is 43.1 Å². The molecule has 496 valence electrons. The molecule has 7 heteroatoms. The van der Waals surface area contributed by atoms with Crippen LogP contribution in [-0.4, -0.2) is 70.3 Å². The van der Waals surface area contributed by atoms with Crippen LogP contribution in [-0.2, 0) is 0 Å². The fourth-order valence-corrected chi connectivity index (χ4v) is 4.86. The van der Waals surface area contributed by atoms with Crippen LogP contribution in [0.2, 0.25) is 0 Å². The van der Waals surface area contributed by atoms with Gasteiger partial charge in [-0.1, -0.05) is 321 Å². The van der Waals surface area contributed by atoms with Gasteiger partial charge in [0, 0.05) is 39.6 Å². The second-order valence-corrected chi connectivity index (χ2v) is 15.2. The number of benzene rings is 8. The van der Waals surface area contributed by atoms with Crippen molar-refractivity contribution < 1.29 is 35.4 Å². The van der Waals surface area contributed by atoms with Gasteiger partial charge in [0.2, 0.25) is 0 Å². The summed E-state index contributed by atoms with van der Waals surface area (Å²) in [5.74, 6) is 3.40. The molecule has 0 heterocycles. The maximum Gasteiger partial charge on any atom is 0.128 e. The fourth-order valence-electron chi connectivity index (χ4n) is 4.86. The lowest BCUT2D eigenvalue weighted by atomic mass is 10.1. The topological polar surface area (TPSA) is 131 Å². The zero-order valence-electron chi connectivity index (χ0n) is 50.8. The first-order valence-corrected chi connectivity index (χ1v) is 27.5. The van der Waals surface area contributed by atoms with E-state index in [1.54, 1.807) is 41.5 Å². The Bertz CT molecular complexity index is 1970. The van der Waals surface area contributed by atoms with Crippen LogP contribution in [0.4, 0.5) is 0 Å². The molecule has 0 aromatic heterocycles. The van der Waals surface area contributed by atoms with Crippen molar-refractivity contribution in [3.8, 4) is 11.5 Å². The van der Waals surface area contributed by atoms with Gasteiger partial charge < -0.3 is 35.4 Å². The summed E-state index contributed by atoms with van der Waals surface area (Å²) in [6, 6.07) is 62.4. The molecule has 0 saturated carbocycles. The van der Waals surface area contributed by atoms with E-state index in [-0.39, 0.29) is 106 Å². The highest BCUT2D eigenvalue weighted by atomic mass is 16.5. The molecule has 7 nitrogen and oxygen atoms in total. The summed E-state index contributed by atoms with van der Waals surface area (Å²) in [6.45, 7) is 40.6. The molecule has 8 aromatic rings. The minimum atomic E-state index is 0. The van der Waals surface area contributed by atoms with Crippen molar-refractivity contribution in [1.29, 1.82) is 0 Å². The van der Waals surface area contributed by atoms with Gasteiger partial charge in [-0.05, 0) is 121 Å². The van der Waals surface area contributed by atoms with Crippen molar-refractivity contribution in [1.82, 2.24) is 0 Å². The Morgan fingerprint density at radius 1 is 0.238 bits per heavy atom. The summed E-state index contributed by atoms with van der Waals surface area (Å²) in [6.07, 6.45) is 0. The Balaban J connectivity index is -0.0000000462. The lowest BCUT2D eigenvalue weighted by Gasteiger charge is -2.08. The second kappa shape index (κ2) is 99.4. The standard InChI is InChI=1S/C20H14O.2C10H8.2C4H10.6C2H6O.4C2H6.9CH4/c1-3-7-17-13-19(11-9-15(17)5-1)21-20-12-10-16-6-2-4-8-18(16)14-20;2*1-2-6-10-8-4-3-7-9(10)5-1;2*1-4(2)3;6*1-2-3;4*1-2;;;;;;;;;/h1-14H;2*1-8H;2*4H,1-3H3;6*3H,2H2,1H3;4*1-2H3;9*1H4. The number of aliphatic hydroxyl groups excluding tert-OH is 6. The van der Waals surface area contributed by atoms with E-state index in [4.69, 9.17) is 35.4 Å². The predicted molar refractivity (Wildman–Crippen MR) is 399 cm³/mol. The lowest BCUT2D eigenvalue weighted by Crippen LogP contribution is -1.84. The minimum absolute atomic E-state index is 0. The Morgan fingerprint density at radius 2 is 0.345 bits per heavy atom. The predicted octanol–water partition coefficient (Wildman–Crippen LogP) is 24.6. The molecule has 6 N–H and O–H groups in total. The molecule has 0 amide bonds. The summed E-state index contributed by atoms with van der Waals surface area (Å²) >= 11 is 0. The van der Waals surface area contributed by atoms with Crippen LogP contribution in [0.3, 0.4) is 0 Å². The average molecular weight is 1180 g/mol. The number of hydrogen-bond acceptors (Lipinski definition) is 7. The third-order valence-corrected chi connectivity index (χ3v) is 6.99. The highest BCUT2D eigenvalue weighted by Crippen LogP contribution is 2.28. The maximum absolute atomic E-state index is 7.57. The Morgan fingerprint density at radius 3 is 0.476 bits per heavy atom. The largest absolute Gasteiger partial charge is 0.457 e. The average Bonchev–Trinajstić information content (AvgIpc) is 3.42. The highest BCUT2D eigenvalue weighted by Gasteiger charge is 2.01. The van der Waals surface area contributed by atoms with Crippen molar-refractivity contribution in [2.45, 2.75) is 205 Å². The maximum atomic E-state index is 7.57. The van der Waals surface area contributed by atoms with E-state index in [9.17, 15) is 0 Å². The summed E-state index contributed by atoms with van der Waals surface area (Å²) < 4.78 is 5.99. The van der Waals surface area contributed by atoms with Gasteiger partial charge in [0.25, 0.3) is 0 Å². The number of hydrogen-bond donors (Lipinski definition) is 6. The van der Waals surface area contributed by atoms with Gasteiger partial charge >= 0.3 is 0 Å². The minimum Gasteiger partial charge on any atom is -0.457 e. The van der Waals surface area contributed by atoms with Crippen molar-refractivity contribution in [3.63, 3.8) is 0 Å². The van der Waals surface area contributed by atoms with Gasteiger partial charge in [-0.15, -0.1) is 0 Å². The van der Waals surface area contributed by atoms with Crippen LogP contribution in [0.5, 0.6) is 11.5 Å². The molecule has 0 fully saturated rings. The normalized spacial score (nSPS) is 7.52. The first kappa shape index (κ1) is 121. The molecule has 0 aliphatic rings.